The van der Waals surface area contributed by atoms with E-state index in [1.165, 1.54) is 11.1 Å². The largest absolute Gasteiger partial charge is 0.481 e. The molecule has 7 nitrogen and oxygen atoms in total. The van der Waals surface area contributed by atoms with Crippen molar-refractivity contribution in [3.63, 3.8) is 0 Å². The smallest absolute Gasteiger partial charge is 0.407 e. The molecule has 2 aromatic rings. The molecule has 2 unspecified atom stereocenters. The molecule has 1 saturated carbocycles. The highest BCUT2D eigenvalue weighted by molar-refractivity contribution is 5.79. The first-order valence-corrected chi connectivity index (χ1v) is 12.1. The minimum absolute atomic E-state index is 0.0129. The van der Waals surface area contributed by atoms with Crippen LogP contribution in [0, 0.1) is 11.8 Å². The van der Waals surface area contributed by atoms with Gasteiger partial charge in [0, 0.05) is 31.3 Å². The Labute approximate surface area is 199 Å². The quantitative estimate of drug-likeness (QED) is 0.460. The van der Waals surface area contributed by atoms with Gasteiger partial charge in [-0.25, -0.2) is 4.79 Å². The maximum atomic E-state index is 12.7. The van der Waals surface area contributed by atoms with E-state index in [9.17, 15) is 14.4 Å². The molecule has 0 heterocycles. The fraction of sp³-hybridized carbons (Fsp3) is 0.444. The highest BCUT2D eigenvalue weighted by Gasteiger charge is 2.35. The summed E-state index contributed by atoms with van der Waals surface area (Å²) in [6.45, 7) is 2.46. The van der Waals surface area contributed by atoms with Crippen LogP contribution in [0.15, 0.2) is 48.5 Å². The van der Waals surface area contributed by atoms with E-state index < -0.39 is 12.1 Å². The molecule has 0 spiro atoms. The fourth-order valence-electron chi connectivity index (χ4n) is 4.76. The van der Waals surface area contributed by atoms with Crippen LogP contribution in [0.4, 0.5) is 4.79 Å². The van der Waals surface area contributed by atoms with Gasteiger partial charge in [-0.2, -0.15) is 0 Å². The summed E-state index contributed by atoms with van der Waals surface area (Å²) in [5.41, 5.74) is 4.66. The molecule has 0 radical (unpaired) electrons. The lowest BCUT2D eigenvalue weighted by molar-refractivity contribution is -0.138. The predicted octanol–water partition coefficient (Wildman–Crippen LogP) is 4.31. The topological polar surface area (TPSA) is 105 Å². The summed E-state index contributed by atoms with van der Waals surface area (Å²) in [4.78, 5) is 36.0. The van der Waals surface area contributed by atoms with Gasteiger partial charge < -0.3 is 20.5 Å². The zero-order valence-electron chi connectivity index (χ0n) is 19.5. The molecule has 0 aliphatic heterocycles. The summed E-state index contributed by atoms with van der Waals surface area (Å²) < 4.78 is 5.64. The van der Waals surface area contributed by atoms with Crippen molar-refractivity contribution in [2.24, 2.45) is 11.8 Å². The Morgan fingerprint density at radius 2 is 1.62 bits per heavy atom. The number of fused-ring (bicyclic) bond motifs is 3. The molecular formula is C27H32N2O5. The van der Waals surface area contributed by atoms with Crippen LogP contribution in [0.3, 0.4) is 0 Å². The van der Waals surface area contributed by atoms with Crippen LogP contribution < -0.4 is 10.6 Å². The standard InChI is InChI=1S/C27H32N2O5/c1-2-17(13-26(31)32)15-28-25(30)14-24(18-11-12-18)29-27(33)34-16-23-21-9-5-3-7-19(21)20-8-4-6-10-22(20)23/h3-10,17-18,23-24H,2,11-16H2,1H3,(H,28,30)(H,29,33)(H,31,32). The van der Waals surface area contributed by atoms with E-state index in [1.807, 2.05) is 31.2 Å². The number of nitrogens with one attached hydrogen (secondary N) is 2. The van der Waals surface area contributed by atoms with Crippen molar-refractivity contribution in [3.8, 4) is 11.1 Å². The number of carbonyl (C=O) groups excluding carboxylic acids is 2. The fourth-order valence-corrected chi connectivity index (χ4v) is 4.76. The second-order valence-corrected chi connectivity index (χ2v) is 9.29. The third kappa shape index (κ3) is 5.76. The maximum absolute atomic E-state index is 12.7. The van der Waals surface area contributed by atoms with Crippen LogP contribution in [0.5, 0.6) is 0 Å². The molecular weight excluding hydrogens is 432 g/mol. The SMILES string of the molecule is CCC(CNC(=O)CC(NC(=O)OCC1c2ccccc2-c2ccccc21)C1CC1)CC(=O)O. The number of hydrogen-bond donors (Lipinski definition) is 3. The van der Waals surface area contributed by atoms with Crippen LogP contribution in [0.2, 0.25) is 0 Å². The monoisotopic (exact) mass is 464 g/mol. The number of amides is 2. The molecule has 2 amide bonds. The highest BCUT2D eigenvalue weighted by atomic mass is 16.5. The number of ether oxygens (including phenoxy) is 1. The minimum atomic E-state index is -0.867. The van der Waals surface area contributed by atoms with Crippen molar-refractivity contribution in [1.82, 2.24) is 10.6 Å². The zero-order chi connectivity index (χ0) is 24.1. The molecule has 2 aliphatic rings. The van der Waals surface area contributed by atoms with Crippen LogP contribution >= 0.6 is 0 Å². The van der Waals surface area contributed by atoms with E-state index in [-0.39, 0.29) is 49.2 Å². The van der Waals surface area contributed by atoms with Gasteiger partial charge in [0.05, 0.1) is 0 Å². The average molecular weight is 465 g/mol. The Bertz CT molecular complexity index is 1000. The van der Waals surface area contributed by atoms with Crippen LogP contribution in [-0.4, -0.2) is 42.3 Å². The van der Waals surface area contributed by atoms with Crippen molar-refractivity contribution in [2.45, 2.75) is 51.0 Å². The number of rotatable bonds is 11. The van der Waals surface area contributed by atoms with Gasteiger partial charge in [0.15, 0.2) is 0 Å². The van der Waals surface area contributed by atoms with Crippen molar-refractivity contribution in [1.29, 1.82) is 0 Å². The summed E-state index contributed by atoms with van der Waals surface area (Å²) in [6.07, 6.45) is 2.30. The molecule has 0 bridgehead atoms. The van der Waals surface area contributed by atoms with Gasteiger partial charge in [-0.1, -0.05) is 61.9 Å². The second-order valence-electron chi connectivity index (χ2n) is 9.29. The highest BCUT2D eigenvalue weighted by Crippen LogP contribution is 2.44. The van der Waals surface area contributed by atoms with E-state index in [0.717, 1.165) is 24.0 Å². The Morgan fingerprint density at radius 1 is 1.00 bits per heavy atom. The molecule has 34 heavy (non-hydrogen) atoms. The van der Waals surface area contributed by atoms with Crippen molar-refractivity contribution in [2.75, 3.05) is 13.2 Å². The molecule has 2 aromatic carbocycles. The van der Waals surface area contributed by atoms with Crippen LogP contribution in [0.25, 0.3) is 11.1 Å². The summed E-state index contributed by atoms with van der Waals surface area (Å²) >= 11 is 0. The second kappa shape index (κ2) is 10.7. The first kappa shape index (κ1) is 23.8. The van der Waals surface area contributed by atoms with Crippen molar-refractivity contribution < 1.29 is 24.2 Å². The number of benzene rings is 2. The number of carboxylic acids is 1. The molecule has 2 aliphatic carbocycles. The zero-order valence-corrected chi connectivity index (χ0v) is 19.5. The van der Waals surface area contributed by atoms with Crippen molar-refractivity contribution in [3.05, 3.63) is 59.7 Å². The molecule has 3 N–H and O–H groups in total. The van der Waals surface area contributed by atoms with E-state index in [1.54, 1.807) is 0 Å². The number of carboxylic acid groups (broad SMARTS) is 1. The van der Waals surface area contributed by atoms with E-state index >= 15 is 0 Å². The Hall–Kier alpha value is -3.35. The Morgan fingerprint density at radius 3 is 2.18 bits per heavy atom. The minimum Gasteiger partial charge on any atom is -0.481 e. The molecule has 2 atom stereocenters. The van der Waals surface area contributed by atoms with Crippen molar-refractivity contribution >= 4 is 18.0 Å². The number of carbonyl (C=O) groups is 3. The van der Waals surface area contributed by atoms with Gasteiger partial charge in [-0.05, 0) is 46.9 Å². The molecule has 4 rings (SSSR count). The molecule has 0 aromatic heterocycles. The summed E-state index contributed by atoms with van der Waals surface area (Å²) in [5, 5.41) is 14.7. The Balaban J connectivity index is 1.30. The maximum Gasteiger partial charge on any atom is 0.407 e. The normalized spacial score (nSPS) is 16.1. The number of alkyl carbamates (subject to hydrolysis) is 1. The summed E-state index contributed by atoms with van der Waals surface area (Å²) in [7, 11) is 0. The van der Waals surface area contributed by atoms with E-state index in [2.05, 4.69) is 34.9 Å². The molecule has 1 fully saturated rings. The van der Waals surface area contributed by atoms with Gasteiger partial charge in [0.2, 0.25) is 5.91 Å². The van der Waals surface area contributed by atoms with Gasteiger partial charge in [0.25, 0.3) is 0 Å². The molecule has 0 saturated heterocycles. The number of hydrogen-bond acceptors (Lipinski definition) is 4. The predicted molar refractivity (Wildman–Crippen MR) is 128 cm³/mol. The van der Waals surface area contributed by atoms with Gasteiger partial charge in [-0.3, -0.25) is 9.59 Å². The Kier molecular flexibility index (Phi) is 7.50. The van der Waals surface area contributed by atoms with E-state index in [4.69, 9.17) is 9.84 Å². The third-order valence-corrected chi connectivity index (χ3v) is 6.87. The lowest BCUT2D eigenvalue weighted by atomic mass is 9.98. The van der Waals surface area contributed by atoms with Gasteiger partial charge in [0.1, 0.15) is 6.61 Å². The first-order valence-electron chi connectivity index (χ1n) is 12.1. The molecule has 7 heteroatoms. The summed E-state index contributed by atoms with van der Waals surface area (Å²) in [5.74, 6) is -0.891. The average Bonchev–Trinajstić information content (AvgIpc) is 3.63. The first-order chi connectivity index (χ1) is 16.5. The lowest BCUT2D eigenvalue weighted by Gasteiger charge is -2.20. The lowest BCUT2D eigenvalue weighted by Crippen LogP contribution is -2.42. The van der Waals surface area contributed by atoms with E-state index in [0.29, 0.717) is 13.0 Å². The van der Waals surface area contributed by atoms with Crippen LogP contribution in [-0.2, 0) is 14.3 Å². The molecule has 180 valence electrons. The van der Waals surface area contributed by atoms with Gasteiger partial charge >= 0.3 is 12.1 Å². The van der Waals surface area contributed by atoms with Crippen LogP contribution in [0.1, 0.15) is 56.1 Å². The summed E-state index contributed by atoms with van der Waals surface area (Å²) in [6, 6.07) is 16.1. The number of aliphatic carboxylic acids is 1. The third-order valence-electron chi connectivity index (χ3n) is 6.87. The van der Waals surface area contributed by atoms with Gasteiger partial charge in [-0.15, -0.1) is 0 Å².